The normalized spacial score (nSPS) is 11.0. The van der Waals surface area contributed by atoms with E-state index in [1.807, 2.05) is 25.3 Å². The molecule has 118 valence electrons. The lowest BCUT2D eigenvalue weighted by molar-refractivity contribution is 0.474. The van der Waals surface area contributed by atoms with Crippen LogP contribution in [0.1, 0.15) is 5.56 Å². The van der Waals surface area contributed by atoms with Crippen LogP contribution in [0.5, 0.6) is 11.5 Å². The van der Waals surface area contributed by atoms with Crippen molar-refractivity contribution >= 4 is 5.65 Å². The van der Waals surface area contributed by atoms with E-state index in [0.717, 1.165) is 5.56 Å². The van der Waals surface area contributed by atoms with E-state index in [9.17, 15) is 10.2 Å². The molecule has 3 heterocycles. The number of imidazole rings is 1. The van der Waals surface area contributed by atoms with Crippen molar-refractivity contribution in [2.45, 2.75) is 6.92 Å². The van der Waals surface area contributed by atoms with Gasteiger partial charge in [-0.2, -0.15) is 0 Å². The molecular weight excluding hydrogens is 304 g/mol. The Hall–Kier alpha value is -3.41. The van der Waals surface area contributed by atoms with Gasteiger partial charge in [-0.25, -0.2) is 9.97 Å². The first-order valence-electron chi connectivity index (χ1n) is 7.41. The van der Waals surface area contributed by atoms with Gasteiger partial charge in [0.1, 0.15) is 23.0 Å². The van der Waals surface area contributed by atoms with Crippen molar-refractivity contribution in [3.8, 4) is 34.1 Å². The molecule has 0 amide bonds. The van der Waals surface area contributed by atoms with E-state index in [1.54, 1.807) is 35.0 Å². The number of nitrogens with zero attached hydrogens (tertiary/aromatic N) is 4. The summed E-state index contributed by atoms with van der Waals surface area (Å²) in [6, 6.07) is 8.83. The maximum Gasteiger partial charge on any atom is 0.165 e. The fraction of sp³-hybridized carbons (Fsp3) is 0.0556. The second-order valence-corrected chi connectivity index (χ2v) is 5.51. The molecule has 0 spiro atoms. The predicted octanol–water partition coefficient (Wildman–Crippen LogP) is 3.18. The average molecular weight is 318 g/mol. The quantitative estimate of drug-likeness (QED) is 0.593. The van der Waals surface area contributed by atoms with Crippen LogP contribution in [-0.4, -0.2) is 29.6 Å². The number of aromatic hydroxyl groups is 2. The Bertz CT molecular complexity index is 1060. The highest BCUT2D eigenvalue weighted by molar-refractivity contribution is 5.82. The Morgan fingerprint density at radius 1 is 1.00 bits per heavy atom. The molecule has 6 heteroatoms. The molecule has 0 saturated carbocycles. The van der Waals surface area contributed by atoms with E-state index in [4.69, 9.17) is 0 Å². The molecule has 6 nitrogen and oxygen atoms in total. The van der Waals surface area contributed by atoms with Gasteiger partial charge in [-0.3, -0.25) is 9.38 Å². The molecule has 0 aliphatic carbocycles. The molecular formula is C18H14N4O2. The number of phenolic OH excluding ortho intramolecular Hbond substituents is 1. The standard InChI is InChI=1S/C18H14N4O2/c1-11-3-4-14(23)13(9-11)17-21-16(12-5-7-19-10-15(12)24)18-20-6-2-8-22(17)18/h2-10,23-24H,1H3. The van der Waals surface area contributed by atoms with Gasteiger partial charge < -0.3 is 10.2 Å². The third kappa shape index (κ3) is 2.16. The van der Waals surface area contributed by atoms with Crippen molar-refractivity contribution in [3.05, 3.63) is 60.7 Å². The smallest absolute Gasteiger partial charge is 0.165 e. The fourth-order valence-electron chi connectivity index (χ4n) is 2.71. The first-order chi connectivity index (χ1) is 11.6. The first kappa shape index (κ1) is 14.2. The lowest BCUT2D eigenvalue weighted by Gasteiger charge is -2.04. The minimum atomic E-state index is 0.0307. The molecule has 0 aliphatic rings. The molecule has 0 bridgehead atoms. The largest absolute Gasteiger partial charge is 0.507 e. The van der Waals surface area contributed by atoms with Gasteiger partial charge >= 0.3 is 0 Å². The van der Waals surface area contributed by atoms with Gasteiger partial charge in [-0.1, -0.05) is 11.6 Å². The summed E-state index contributed by atoms with van der Waals surface area (Å²) in [5.41, 5.74) is 3.29. The minimum absolute atomic E-state index is 0.0307. The fourth-order valence-corrected chi connectivity index (χ4v) is 2.71. The SMILES string of the molecule is Cc1ccc(O)c(-c2nc(-c3ccncc3O)c3ncccn23)c1. The summed E-state index contributed by atoms with van der Waals surface area (Å²) in [7, 11) is 0. The number of pyridine rings is 1. The van der Waals surface area contributed by atoms with Crippen LogP contribution in [0.25, 0.3) is 28.3 Å². The Morgan fingerprint density at radius 3 is 2.71 bits per heavy atom. The van der Waals surface area contributed by atoms with Crippen LogP contribution in [-0.2, 0) is 0 Å². The monoisotopic (exact) mass is 318 g/mol. The Morgan fingerprint density at radius 2 is 1.88 bits per heavy atom. The van der Waals surface area contributed by atoms with Gasteiger partial charge in [0.05, 0.1) is 11.8 Å². The van der Waals surface area contributed by atoms with Crippen LogP contribution in [0, 0.1) is 6.92 Å². The lowest BCUT2D eigenvalue weighted by atomic mass is 10.1. The number of fused-ring (bicyclic) bond motifs is 1. The van der Waals surface area contributed by atoms with Crippen LogP contribution in [0.3, 0.4) is 0 Å². The summed E-state index contributed by atoms with van der Waals surface area (Å²) in [4.78, 5) is 12.9. The van der Waals surface area contributed by atoms with Crippen LogP contribution in [0.2, 0.25) is 0 Å². The highest BCUT2D eigenvalue weighted by atomic mass is 16.3. The van der Waals surface area contributed by atoms with E-state index in [0.29, 0.717) is 28.3 Å². The summed E-state index contributed by atoms with van der Waals surface area (Å²) in [6.45, 7) is 1.95. The van der Waals surface area contributed by atoms with Gasteiger partial charge in [0.15, 0.2) is 5.65 Å². The Balaban J connectivity index is 2.06. The molecule has 24 heavy (non-hydrogen) atoms. The molecule has 0 fully saturated rings. The molecule has 0 aliphatic heterocycles. The third-order valence-corrected chi connectivity index (χ3v) is 3.85. The first-order valence-corrected chi connectivity index (χ1v) is 7.41. The van der Waals surface area contributed by atoms with Gasteiger partial charge in [-0.05, 0) is 31.2 Å². The van der Waals surface area contributed by atoms with E-state index in [2.05, 4.69) is 15.0 Å². The zero-order valence-electron chi connectivity index (χ0n) is 12.9. The van der Waals surface area contributed by atoms with Crippen molar-refractivity contribution in [2.24, 2.45) is 0 Å². The summed E-state index contributed by atoms with van der Waals surface area (Å²) >= 11 is 0. The number of hydrogen-bond acceptors (Lipinski definition) is 5. The van der Waals surface area contributed by atoms with Crippen molar-refractivity contribution in [2.75, 3.05) is 0 Å². The van der Waals surface area contributed by atoms with Gasteiger partial charge in [0, 0.05) is 24.2 Å². The summed E-state index contributed by atoms with van der Waals surface area (Å²) in [5, 5.41) is 20.4. The second-order valence-electron chi connectivity index (χ2n) is 5.51. The number of aromatic nitrogens is 4. The topological polar surface area (TPSA) is 83.5 Å². The third-order valence-electron chi connectivity index (χ3n) is 3.85. The van der Waals surface area contributed by atoms with Crippen molar-refractivity contribution in [1.29, 1.82) is 0 Å². The van der Waals surface area contributed by atoms with E-state index >= 15 is 0 Å². The van der Waals surface area contributed by atoms with Gasteiger partial charge in [0.2, 0.25) is 0 Å². The maximum atomic E-state index is 10.2. The zero-order chi connectivity index (χ0) is 16.7. The Labute approximate surface area is 137 Å². The Kier molecular flexibility index (Phi) is 3.16. The second kappa shape index (κ2) is 5.34. The van der Waals surface area contributed by atoms with E-state index < -0.39 is 0 Å². The molecule has 0 radical (unpaired) electrons. The summed E-state index contributed by atoms with van der Waals surface area (Å²) < 4.78 is 1.80. The minimum Gasteiger partial charge on any atom is -0.507 e. The predicted molar refractivity (Wildman–Crippen MR) is 89.7 cm³/mol. The molecule has 4 aromatic rings. The molecule has 0 unspecified atom stereocenters. The number of hydrogen-bond donors (Lipinski definition) is 2. The summed E-state index contributed by atoms with van der Waals surface area (Å²) in [6.07, 6.45) is 6.45. The van der Waals surface area contributed by atoms with Crippen molar-refractivity contribution in [3.63, 3.8) is 0 Å². The van der Waals surface area contributed by atoms with Gasteiger partial charge in [-0.15, -0.1) is 0 Å². The molecule has 0 atom stereocenters. The van der Waals surface area contributed by atoms with Crippen LogP contribution >= 0.6 is 0 Å². The van der Waals surface area contributed by atoms with Crippen molar-refractivity contribution in [1.82, 2.24) is 19.4 Å². The van der Waals surface area contributed by atoms with Gasteiger partial charge in [0.25, 0.3) is 0 Å². The lowest BCUT2D eigenvalue weighted by Crippen LogP contribution is -1.91. The molecule has 3 aromatic heterocycles. The summed E-state index contributed by atoms with van der Waals surface area (Å²) in [5.74, 6) is 0.732. The van der Waals surface area contributed by atoms with E-state index in [1.165, 1.54) is 6.20 Å². The number of phenols is 1. The molecule has 4 rings (SSSR count). The maximum absolute atomic E-state index is 10.2. The van der Waals surface area contributed by atoms with Crippen molar-refractivity contribution < 1.29 is 10.2 Å². The van der Waals surface area contributed by atoms with Crippen LogP contribution in [0.4, 0.5) is 0 Å². The van der Waals surface area contributed by atoms with Crippen LogP contribution < -0.4 is 0 Å². The zero-order valence-corrected chi connectivity index (χ0v) is 12.9. The number of aryl methyl sites for hydroxylation is 1. The molecule has 1 aromatic carbocycles. The van der Waals surface area contributed by atoms with E-state index in [-0.39, 0.29) is 11.5 Å². The van der Waals surface area contributed by atoms with Crippen LogP contribution in [0.15, 0.2) is 55.1 Å². The number of rotatable bonds is 2. The highest BCUT2D eigenvalue weighted by Crippen LogP contribution is 2.35. The average Bonchev–Trinajstić information content (AvgIpc) is 2.97. The number of benzene rings is 1. The molecule has 2 N–H and O–H groups in total. The molecule has 0 saturated heterocycles. The highest BCUT2D eigenvalue weighted by Gasteiger charge is 2.19.